The fourth-order valence-electron chi connectivity index (χ4n) is 0.943. The Morgan fingerprint density at radius 2 is 2.12 bits per heavy atom. The minimum Gasteiger partial charge on any atom is -0.501 e. The lowest BCUT2D eigenvalue weighted by atomic mass is 10.3. The van der Waals surface area contributed by atoms with Crippen LogP contribution in [0.3, 0.4) is 0 Å². The highest BCUT2D eigenvalue weighted by molar-refractivity contribution is 5.44. The molecule has 9 heteroatoms. The van der Waals surface area contributed by atoms with Crippen LogP contribution >= 0.6 is 0 Å². The second-order valence-corrected chi connectivity index (χ2v) is 2.76. The number of hydrogen-bond donors (Lipinski definition) is 1. The van der Waals surface area contributed by atoms with Gasteiger partial charge in [-0.1, -0.05) is 0 Å². The third-order valence-electron chi connectivity index (χ3n) is 1.52. The van der Waals surface area contributed by atoms with Gasteiger partial charge in [-0.25, -0.2) is 0 Å². The van der Waals surface area contributed by atoms with E-state index in [1.165, 1.54) is 6.92 Å². The molecule has 16 heavy (non-hydrogen) atoms. The van der Waals surface area contributed by atoms with Gasteiger partial charge >= 0.3 is 18.1 Å². The molecule has 88 valence electrons. The van der Waals surface area contributed by atoms with Gasteiger partial charge in [0.15, 0.2) is 0 Å². The number of aryl methyl sites for hydroxylation is 1. The van der Waals surface area contributed by atoms with Crippen LogP contribution < -0.4 is 4.74 Å². The zero-order chi connectivity index (χ0) is 12.5. The number of pyridine rings is 1. The van der Waals surface area contributed by atoms with E-state index in [0.717, 1.165) is 6.07 Å². The van der Waals surface area contributed by atoms with Gasteiger partial charge in [-0.3, -0.25) is 0 Å². The van der Waals surface area contributed by atoms with Crippen LogP contribution in [0.5, 0.6) is 11.6 Å². The molecule has 1 N–H and O–H groups in total. The summed E-state index contributed by atoms with van der Waals surface area (Å²) in [7, 11) is 0. The molecule has 0 bridgehead atoms. The number of nitro groups is 1. The van der Waals surface area contributed by atoms with Crippen LogP contribution in [0.25, 0.3) is 0 Å². The molecule has 1 rings (SSSR count). The summed E-state index contributed by atoms with van der Waals surface area (Å²) in [6.07, 6.45) is -5.08. The van der Waals surface area contributed by atoms with E-state index in [-0.39, 0.29) is 5.56 Å². The number of ether oxygens (including phenoxy) is 1. The van der Waals surface area contributed by atoms with Crippen LogP contribution in [0.1, 0.15) is 5.56 Å². The van der Waals surface area contributed by atoms with Crippen LogP contribution in [0.15, 0.2) is 6.07 Å². The number of aromatic hydroxyl groups is 1. The van der Waals surface area contributed by atoms with Crippen LogP contribution in [0.2, 0.25) is 0 Å². The fourth-order valence-corrected chi connectivity index (χ4v) is 0.943. The number of nitrogens with zero attached hydrogens (tertiary/aromatic N) is 2. The summed E-state index contributed by atoms with van der Waals surface area (Å²) in [5.41, 5.74) is -0.0722. The summed E-state index contributed by atoms with van der Waals surface area (Å²) in [4.78, 5) is 12.4. The summed E-state index contributed by atoms with van der Waals surface area (Å²) >= 11 is 0. The summed E-state index contributed by atoms with van der Waals surface area (Å²) < 4.78 is 38.7. The van der Waals surface area contributed by atoms with E-state index >= 15 is 0 Å². The first kappa shape index (κ1) is 12.0. The maximum atomic E-state index is 11.8. The summed E-state index contributed by atoms with van der Waals surface area (Å²) in [5, 5.41) is 19.4. The summed E-state index contributed by atoms with van der Waals surface area (Å²) in [5.74, 6) is -2.97. The van der Waals surface area contributed by atoms with E-state index in [4.69, 9.17) is 5.11 Å². The predicted molar refractivity (Wildman–Crippen MR) is 44.0 cm³/mol. The molecular weight excluding hydrogens is 233 g/mol. The molecule has 0 aliphatic carbocycles. The third kappa shape index (κ3) is 2.72. The highest BCUT2D eigenvalue weighted by atomic mass is 19.4. The van der Waals surface area contributed by atoms with Gasteiger partial charge in [0.05, 0.1) is 5.56 Å². The molecule has 0 saturated carbocycles. The van der Waals surface area contributed by atoms with Crippen molar-refractivity contribution in [1.82, 2.24) is 4.98 Å². The Hall–Kier alpha value is -2.06. The minimum atomic E-state index is -5.08. The van der Waals surface area contributed by atoms with Gasteiger partial charge in [0.25, 0.3) is 0 Å². The van der Waals surface area contributed by atoms with Crippen molar-refractivity contribution in [3.63, 3.8) is 0 Å². The molecule has 0 amide bonds. The van der Waals surface area contributed by atoms with Crippen LogP contribution in [0.4, 0.5) is 19.0 Å². The first-order chi connectivity index (χ1) is 7.20. The maximum Gasteiger partial charge on any atom is 0.575 e. The maximum absolute atomic E-state index is 11.8. The Bertz CT molecular complexity index is 432. The van der Waals surface area contributed by atoms with E-state index in [9.17, 15) is 23.3 Å². The largest absolute Gasteiger partial charge is 0.575 e. The highest BCUT2D eigenvalue weighted by Gasteiger charge is 2.36. The molecule has 0 aliphatic rings. The smallest absolute Gasteiger partial charge is 0.501 e. The fraction of sp³-hybridized carbons (Fsp3) is 0.286. The lowest BCUT2D eigenvalue weighted by molar-refractivity contribution is -0.390. The molecule has 1 heterocycles. The van der Waals surface area contributed by atoms with E-state index in [1.807, 2.05) is 0 Å². The zero-order valence-electron chi connectivity index (χ0n) is 7.78. The normalized spacial score (nSPS) is 11.2. The average molecular weight is 238 g/mol. The molecule has 0 radical (unpaired) electrons. The number of halogens is 3. The Morgan fingerprint density at radius 1 is 1.56 bits per heavy atom. The molecule has 0 aromatic carbocycles. The van der Waals surface area contributed by atoms with Crippen LogP contribution in [-0.4, -0.2) is 21.4 Å². The highest BCUT2D eigenvalue weighted by Crippen LogP contribution is 2.32. The minimum absolute atomic E-state index is 0.0722. The van der Waals surface area contributed by atoms with Crippen molar-refractivity contribution in [2.45, 2.75) is 13.3 Å². The molecule has 6 nitrogen and oxygen atoms in total. The Morgan fingerprint density at radius 3 is 2.56 bits per heavy atom. The molecule has 1 aromatic rings. The lowest BCUT2D eigenvalue weighted by Gasteiger charge is -2.06. The topological polar surface area (TPSA) is 85.5 Å². The average Bonchev–Trinajstić information content (AvgIpc) is 2.07. The number of hydrogen-bond acceptors (Lipinski definition) is 5. The zero-order valence-corrected chi connectivity index (χ0v) is 7.78. The third-order valence-corrected chi connectivity index (χ3v) is 1.52. The molecule has 0 aliphatic heterocycles. The van der Waals surface area contributed by atoms with Gasteiger partial charge in [-0.15, -0.1) is 13.2 Å². The first-order valence-electron chi connectivity index (χ1n) is 3.81. The van der Waals surface area contributed by atoms with Gasteiger partial charge in [0.1, 0.15) is 0 Å². The summed E-state index contributed by atoms with van der Waals surface area (Å²) in [6.45, 7) is 1.22. The van der Waals surface area contributed by atoms with Gasteiger partial charge in [-0.2, -0.15) is 0 Å². The van der Waals surface area contributed by atoms with E-state index < -0.39 is 28.7 Å². The van der Waals surface area contributed by atoms with Gasteiger partial charge in [-0.05, 0) is 17.9 Å². The first-order valence-corrected chi connectivity index (χ1v) is 3.81. The van der Waals surface area contributed by atoms with Crippen LogP contribution in [0, 0.1) is 17.0 Å². The van der Waals surface area contributed by atoms with Crippen molar-refractivity contribution in [3.8, 4) is 11.6 Å². The Balaban J connectivity index is 3.20. The van der Waals surface area contributed by atoms with Gasteiger partial charge < -0.3 is 20.0 Å². The number of aromatic nitrogens is 1. The second-order valence-electron chi connectivity index (χ2n) is 2.76. The second kappa shape index (κ2) is 3.83. The Kier molecular flexibility index (Phi) is 2.88. The Labute approximate surface area is 86.4 Å². The van der Waals surface area contributed by atoms with Crippen molar-refractivity contribution >= 4 is 5.82 Å². The molecule has 1 aromatic heterocycles. The van der Waals surface area contributed by atoms with Crippen LogP contribution in [-0.2, 0) is 0 Å². The molecule has 0 saturated heterocycles. The van der Waals surface area contributed by atoms with Gasteiger partial charge in [0, 0.05) is 4.98 Å². The molecule has 0 fully saturated rings. The van der Waals surface area contributed by atoms with Crippen molar-refractivity contribution in [2.75, 3.05) is 0 Å². The predicted octanol–water partition coefficient (Wildman–Crippen LogP) is 1.90. The molecule has 0 atom stereocenters. The lowest BCUT2D eigenvalue weighted by Crippen LogP contribution is -2.18. The van der Waals surface area contributed by atoms with Gasteiger partial charge in [0.2, 0.25) is 5.75 Å². The summed E-state index contributed by atoms with van der Waals surface area (Å²) in [6, 6.07) is 0.770. The number of alkyl halides is 3. The molecular formula is C7H5F3N2O4. The molecule has 0 spiro atoms. The van der Waals surface area contributed by atoms with E-state index in [1.54, 1.807) is 0 Å². The SMILES string of the molecule is Cc1cc(O)c(OC(F)(F)F)nc1[N+](=O)[O-]. The quantitative estimate of drug-likeness (QED) is 0.628. The monoisotopic (exact) mass is 238 g/mol. The van der Waals surface area contributed by atoms with Crippen molar-refractivity contribution in [1.29, 1.82) is 0 Å². The standard InChI is InChI=1S/C7H5F3N2O4/c1-3-2-4(13)6(16-7(8,9)10)11-5(3)12(14)15/h2,13H,1H3. The van der Waals surface area contributed by atoms with Crippen molar-refractivity contribution < 1.29 is 27.9 Å². The van der Waals surface area contributed by atoms with E-state index in [2.05, 4.69) is 9.72 Å². The van der Waals surface area contributed by atoms with Crippen molar-refractivity contribution in [2.24, 2.45) is 0 Å². The number of rotatable bonds is 2. The van der Waals surface area contributed by atoms with E-state index in [0.29, 0.717) is 0 Å². The van der Waals surface area contributed by atoms with Crippen molar-refractivity contribution in [3.05, 3.63) is 21.7 Å². The molecule has 0 unspecified atom stereocenters.